The topological polar surface area (TPSA) is 34.9 Å². The standard InChI is InChI=1S/C9H13BrN2OS/c1-2-14-5-3-4-12-7-11-6-8(10)9(12)13/h6-7H,2-5H2,1H3. The summed E-state index contributed by atoms with van der Waals surface area (Å²) >= 11 is 5.06. The molecule has 0 radical (unpaired) electrons. The van der Waals surface area contributed by atoms with Gasteiger partial charge in [0.1, 0.15) is 4.47 Å². The fourth-order valence-corrected chi connectivity index (χ4v) is 2.03. The highest BCUT2D eigenvalue weighted by Crippen LogP contribution is 2.03. The maximum atomic E-state index is 11.5. The zero-order chi connectivity index (χ0) is 10.4. The van der Waals surface area contributed by atoms with Crippen LogP contribution in [0, 0.1) is 0 Å². The highest BCUT2D eigenvalue weighted by molar-refractivity contribution is 9.10. The average Bonchev–Trinajstić information content (AvgIpc) is 2.19. The largest absolute Gasteiger partial charge is 0.298 e. The molecule has 0 atom stereocenters. The monoisotopic (exact) mass is 276 g/mol. The second-order valence-electron chi connectivity index (χ2n) is 2.79. The van der Waals surface area contributed by atoms with Crippen LogP contribution < -0.4 is 5.56 Å². The van der Waals surface area contributed by atoms with Gasteiger partial charge in [-0.25, -0.2) is 4.98 Å². The minimum atomic E-state index is 0.00139. The van der Waals surface area contributed by atoms with Crippen LogP contribution in [0.15, 0.2) is 21.8 Å². The second kappa shape index (κ2) is 6.24. The minimum absolute atomic E-state index is 0.00139. The highest BCUT2D eigenvalue weighted by atomic mass is 79.9. The SMILES string of the molecule is CCSCCCn1cncc(Br)c1=O. The molecule has 5 heteroatoms. The Morgan fingerprint density at radius 1 is 1.64 bits per heavy atom. The summed E-state index contributed by atoms with van der Waals surface area (Å²) in [5.74, 6) is 2.22. The van der Waals surface area contributed by atoms with Crippen molar-refractivity contribution in [3.63, 3.8) is 0 Å². The number of rotatable bonds is 5. The van der Waals surface area contributed by atoms with E-state index in [0.29, 0.717) is 4.47 Å². The van der Waals surface area contributed by atoms with Crippen molar-refractivity contribution < 1.29 is 0 Å². The van der Waals surface area contributed by atoms with Gasteiger partial charge in [-0.05, 0) is 33.9 Å². The van der Waals surface area contributed by atoms with E-state index in [9.17, 15) is 4.79 Å². The smallest absolute Gasteiger partial charge is 0.267 e. The zero-order valence-corrected chi connectivity index (χ0v) is 10.5. The summed E-state index contributed by atoms with van der Waals surface area (Å²) in [4.78, 5) is 15.5. The van der Waals surface area contributed by atoms with Crippen LogP contribution in [0.25, 0.3) is 0 Å². The lowest BCUT2D eigenvalue weighted by Gasteiger charge is -2.04. The van der Waals surface area contributed by atoms with Crippen molar-refractivity contribution in [3.8, 4) is 0 Å². The van der Waals surface area contributed by atoms with Gasteiger partial charge in [0.05, 0.1) is 6.33 Å². The Balaban J connectivity index is 2.51. The molecule has 0 bridgehead atoms. The van der Waals surface area contributed by atoms with E-state index in [4.69, 9.17) is 0 Å². The van der Waals surface area contributed by atoms with E-state index in [1.54, 1.807) is 10.9 Å². The number of aryl methyl sites for hydroxylation is 1. The van der Waals surface area contributed by atoms with Crippen molar-refractivity contribution in [3.05, 3.63) is 27.4 Å². The maximum Gasteiger partial charge on any atom is 0.267 e. The first-order valence-corrected chi connectivity index (χ1v) is 6.48. The van der Waals surface area contributed by atoms with E-state index < -0.39 is 0 Å². The van der Waals surface area contributed by atoms with Crippen LogP contribution in [-0.4, -0.2) is 21.1 Å². The molecule has 0 amide bonds. The van der Waals surface area contributed by atoms with Crippen molar-refractivity contribution in [1.29, 1.82) is 0 Å². The Hall–Kier alpha value is -0.290. The predicted molar refractivity (Wildman–Crippen MR) is 63.8 cm³/mol. The van der Waals surface area contributed by atoms with Gasteiger partial charge in [-0.15, -0.1) is 0 Å². The molecule has 0 fully saturated rings. The van der Waals surface area contributed by atoms with Crippen molar-refractivity contribution in [2.45, 2.75) is 19.9 Å². The van der Waals surface area contributed by atoms with Gasteiger partial charge in [0, 0.05) is 12.7 Å². The van der Waals surface area contributed by atoms with E-state index in [0.717, 1.165) is 24.5 Å². The maximum absolute atomic E-state index is 11.5. The Morgan fingerprint density at radius 3 is 3.14 bits per heavy atom. The second-order valence-corrected chi connectivity index (χ2v) is 5.04. The first-order valence-electron chi connectivity index (χ1n) is 4.53. The zero-order valence-electron chi connectivity index (χ0n) is 8.07. The normalized spacial score (nSPS) is 10.4. The number of nitrogens with zero attached hydrogens (tertiary/aromatic N) is 2. The van der Waals surface area contributed by atoms with Gasteiger partial charge in [-0.1, -0.05) is 6.92 Å². The molecule has 0 aliphatic heterocycles. The summed E-state index contributed by atoms with van der Waals surface area (Å²) in [6.07, 6.45) is 4.12. The van der Waals surface area contributed by atoms with Gasteiger partial charge in [0.25, 0.3) is 5.56 Å². The van der Waals surface area contributed by atoms with Crippen LogP contribution in [0.1, 0.15) is 13.3 Å². The number of hydrogen-bond donors (Lipinski definition) is 0. The molecule has 78 valence electrons. The number of aromatic nitrogens is 2. The molecule has 1 rings (SSSR count). The molecule has 0 aromatic carbocycles. The minimum Gasteiger partial charge on any atom is -0.298 e. The molecule has 0 saturated carbocycles. The fraction of sp³-hybridized carbons (Fsp3) is 0.556. The molecule has 0 saturated heterocycles. The number of thioether (sulfide) groups is 1. The van der Waals surface area contributed by atoms with Crippen molar-refractivity contribution in [2.24, 2.45) is 0 Å². The molecule has 1 heterocycles. The molecule has 0 aliphatic rings. The van der Waals surface area contributed by atoms with Crippen LogP contribution in [-0.2, 0) is 6.54 Å². The summed E-state index contributed by atoms with van der Waals surface area (Å²) < 4.78 is 2.17. The van der Waals surface area contributed by atoms with Gasteiger partial charge < -0.3 is 0 Å². The van der Waals surface area contributed by atoms with Crippen LogP contribution in [0.3, 0.4) is 0 Å². The first kappa shape index (κ1) is 11.8. The summed E-state index contributed by atoms with van der Waals surface area (Å²) in [6.45, 7) is 2.88. The van der Waals surface area contributed by atoms with E-state index in [1.807, 2.05) is 11.8 Å². The number of halogens is 1. The van der Waals surface area contributed by atoms with Gasteiger partial charge >= 0.3 is 0 Å². The molecular formula is C9H13BrN2OS. The molecular weight excluding hydrogens is 264 g/mol. The lowest BCUT2D eigenvalue weighted by molar-refractivity contribution is 0.641. The van der Waals surface area contributed by atoms with Crippen molar-refractivity contribution >= 4 is 27.7 Å². The quantitative estimate of drug-likeness (QED) is 0.773. The molecule has 3 nitrogen and oxygen atoms in total. The van der Waals surface area contributed by atoms with Crippen LogP contribution in [0.5, 0.6) is 0 Å². The summed E-state index contributed by atoms with van der Waals surface area (Å²) in [5.41, 5.74) is 0.00139. The molecule has 0 spiro atoms. The van der Waals surface area contributed by atoms with E-state index in [2.05, 4.69) is 27.8 Å². The highest BCUT2D eigenvalue weighted by Gasteiger charge is 1.99. The Morgan fingerprint density at radius 2 is 2.43 bits per heavy atom. The lowest BCUT2D eigenvalue weighted by Crippen LogP contribution is -2.20. The van der Waals surface area contributed by atoms with Crippen molar-refractivity contribution in [2.75, 3.05) is 11.5 Å². The summed E-state index contributed by atoms with van der Waals surface area (Å²) in [6, 6.07) is 0. The Bertz CT molecular complexity index is 340. The van der Waals surface area contributed by atoms with Crippen LogP contribution in [0.2, 0.25) is 0 Å². The predicted octanol–water partition coefficient (Wildman–Crippen LogP) is 2.15. The van der Waals surface area contributed by atoms with Gasteiger partial charge in [-0.2, -0.15) is 11.8 Å². The van der Waals surface area contributed by atoms with Gasteiger partial charge in [0.2, 0.25) is 0 Å². The fourth-order valence-electron chi connectivity index (χ4n) is 1.06. The third-order valence-electron chi connectivity index (χ3n) is 1.75. The number of hydrogen-bond acceptors (Lipinski definition) is 3. The van der Waals surface area contributed by atoms with E-state index in [1.165, 1.54) is 6.20 Å². The summed E-state index contributed by atoms with van der Waals surface area (Å²) in [7, 11) is 0. The van der Waals surface area contributed by atoms with Crippen LogP contribution >= 0.6 is 27.7 Å². The molecule has 14 heavy (non-hydrogen) atoms. The van der Waals surface area contributed by atoms with Gasteiger partial charge in [0.15, 0.2) is 0 Å². The molecule has 1 aromatic heterocycles. The molecule has 0 aliphatic carbocycles. The van der Waals surface area contributed by atoms with E-state index in [-0.39, 0.29) is 5.56 Å². The van der Waals surface area contributed by atoms with Crippen LogP contribution in [0.4, 0.5) is 0 Å². The summed E-state index contributed by atoms with van der Waals surface area (Å²) in [5, 5.41) is 0. The molecule has 0 N–H and O–H groups in total. The molecule has 1 aromatic rings. The lowest BCUT2D eigenvalue weighted by atomic mass is 10.4. The first-order chi connectivity index (χ1) is 6.75. The van der Waals surface area contributed by atoms with Crippen molar-refractivity contribution in [1.82, 2.24) is 9.55 Å². The van der Waals surface area contributed by atoms with E-state index >= 15 is 0 Å². The third-order valence-corrected chi connectivity index (χ3v) is 3.28. The van der Waals surface area contributed by atoms with Gasteiger partial charge in [-0.3, -0.25) is 9.36 Å². The molecule has 0 unspecified atom stereocenters. The average molecular weight is 277 g/mol. The Kier molecular flexibility index (Phi) is 5.25. The Labute approximate surface area is 96.1 Å². The third kappa shape index (κ3) is 3.46.